The number of piperazine rings is 1. The van der Waals surface area contributed by atoms with Gasteiger partial charge in [0.2, 0.25) is 0 Å². The normalized spacial score (nSPS) is 26.3. The molecule has 2 aliphatic heterocycles. The smallest absolute Gasteiger partial charge is 0.254 e. The Bertz CT molecular complexity index is 521. The highest BCUT2D eigenvalue weighted by Crippen LogP contribution is 2.25. The number of pyridine rings is 1. The number of carbonyl (C=O) groups excluding carboxylic acids is 1. The molecule has 2 aliphatic rings. The van der Waals surface area contributed by atoms with Crippen LogP contribution in [0.1, 0.15) is 36.5 Å². The quantitative estimate of drug-likeness (QED) is 0.629. The van der Waals surface area contributed by atoms with E-state index in [1.807, 2.05) is 4.90 Å². The molecule has 0 aromatic carbocycles. The zero-order valence-corrected chi connectivity index (χ0v) is 12.5. The molecule has 0 radical (unpaired) electrons. The molecule has 2 atom stereocenters. The van der Waals surface area contributed by atoms with Crippen molar-refractivity contribution in [3.8, 4) is 0 Å². The van der Waals surface area contributed by atoms with Gasteiger partial charge in [0.1, 0.15) is 5.82 Å². The van der Waals surface area contributed by atoms with Gasteiger partial charge in [0, 0.05) is 36.9 Å². The van der Waals surface area contributed by atoms with Gasteiger partial charge in [0.15, 0.2) is 0 Å². The van der Waals surface area contributed by atoms with Crippen LogP contribution in [0.3, 0.4) is 0 Å². The Kier molecular flexibility index (Phi) is 4.07. The Morgan fingerprint density at radius 1 is 1.43 bits per heavy atom. The number of nitrogens with two attached hydrogens (primary N) is 1. The van der Waals surface area contributed by atoms with Gasteiger partial charge in [-0.15, -0.1) is 0 Å². The van der Waals surface area contributed by atoms with Crippen LogP contribution in [-0.2, 0) is 0 Å². The predicted molar refractivity (Wildman–Crippen MR) is 81.8 cm³/mol. The first kappa shape index (κ1) is 14.3. The summed E-state index contributed by atoms with van der Waals surface area (Å²) in [6.45, 7) is 5.11. The van der Waals surface area contributed by atoms with Crippen LogP contribution in [0.5, 0.6) is 0 Å². The van der Waals surface area contributed by atoms with E-state index >= 15 is 0 Å². The molecule has 0 saturated carbocycles. The van der Waals surface area contributed by atoms with Crippen LogP contribution in [0, 0.1) is 0 Å². The van der Waals surface area contributed by atoms with Gasteiger partial charge in [-0.25, -0.2) is 10.8 Å². The number of amides is 1. The number of rotatable bonds is 2. The third-order valence-corrected chi connectivity index (χ3v) is 4.60. The Hall–Kier alpha value is -1.66. The highest BCUT2D eigenvalue weighted by molar-refractivity contribution is 5.95. The molecular formula is C15H23N5O. The number of carbonyl (C=O) groups is 1. The molecule has 0 aliphatic carbocycles. The van der Waals surface area contributed by atoms with Crippen molar-refractivity contribution < 1.29 is 4.79 Å². The van der Waals surface area contributed by atoms with Gasteiger partial charge in [-0.2, -0.15) is 0 Å². The summed E-state index contributed by atoms with van der Waals surface area (Å²) in [4.78, 5) is 21.4. The molecule has 3 N–H and O–H groups in total. The maximum Gasteiger partial charge on any atom is 0.254 e. The third kappa shape index (κ3) is 2.87. The largest absolute Gasteiger partial charge is 0.333 e. The SMILES string of the molecule is CC1CN2CCCCC2CN1C(=O)c1ccnc(NN)c1. The van der Waals surface area contributed by atoms with Crippen molar-refractivity contribution in [3.05, 3.63) is 23.9 Å². The first-order valence-corrected chi connectivity index (χ1v) is 7.66. The van der Waals surface area contributed by atoms with E-state index in [0.717, 1.165) is 13.1 Å². The molecule has 114 valence electrons. The zero-order chi connectivity index (χ0) is 14.8. The number of aromatic nitrogens is 1. The van der Waals surface area contributed by atoms with Gasteiger partial charge in [-0.3, -0.25) is 9.69 Å². The van der Waals surface area contributed by atoms with Crippen molar-refractivity contribution in [1.29, 1.82) is 0 Å². The molecule has 0 spiro atoms. The molecule has 1 amide bonds. The van der Waals surface area contributed by atoms with Gasteiger partial charge in [0.05, 0.1) is 0 Å². The van der Waals surface area contributed by atoms with E-state index < -0.39 is 0 Å². The molecule has 2 saturated heterocycles. The van der Waals surface area contributed by atoms with E-state index in [9.17, 15) is 4.79 Å². The molecule has 0 bridgehead atoms. The van der Waals surface area contributed by atoms with Crippen LogP contribution in [-0.4, -0.2) is 52.4 Å². The molecule has 21 heavy (non-hydrogen) atoms. The fourth-order valence-electron chi connectivity index (χ4n) is 3.44. The lowest BCUT2D eigenvalue weighted by molar-refractivity contribution is 0.0151. The number of piperidine rings is 1. The van der Waals surface area contributed by atoms with Gasteiger partial charge >= 0.3 is 0 Å². The van der Waals surface area contributed by atoms with E-state index in [-0.39, 0.29) is 11.9 Å². The van der Waals surface area contributed by atoms with Crippen LogP contribution in [0.15, 0.2) is 18.3 Å². The topological polar surface area (TPSA) is 74.5 Å². The summed E-state index contributed by atoms with van der Waals surface area (Å²) >= 11 is 0. The van der Waals surface area contributed by atoms with Gasteiger partial charge in [-0.05, 0) is 38.4 Å². The van der Waals surface area contributed by atoms with Crippen molar-refractivity contribution in [2.45, 2.75) is 38.3 Å². The number of anilines is 1. The average molecular weight is 289 g/mol. The second-order valence-electron chi connectivity index (χ2n) is 6.03. The summed E-state index contributed by atoms with van der Waals surface area (Å²) < 4.78 is 0. The third-order valence-electron chi connectivity index (χ3n) is 4.60. The van der Waals surface area contributed by atoms with Crippen molar-refractivity contribution >= 4 is 11.7 Å². The molecule has 3 rings (SSSR count). The fraction of sp³-hybridized carbons (Fsp3) is 0.600. The number of nitrogens with zero attached hydrogens (tertiary/aromatic N) is 3. The minimum absolute atomic E-state index is 0.0756. The molecule has 1 aromatic rings. The van der Waals surface area contributed by atoms with Crippen molar-refractivity contribution in [3.63, 3.8) is 0 Å². The highest BCUT2D eigenvalue weighted by atomic mass is 16.2. The monoisotopic (exact) mass is 289 g/mol. The first-order chi connectivity index (χ1) is 10.2. The van der Waals surface area contributed by atoms with Crippen LogP contribution in [0.4, 0.5) is 5.82 Å². The maximum atomic E-state index is 12.8. The van der Waals surface area contributed by atoms with E-state index in [2.05, 4.69) is 22.2 Å². The summed E-state index contributed by atoms with van der Waals surface area (Å²) in [6.07, 6.45) is 5.37. The number of nitrogen functional groups attached to an aromatic ring is 1. The minimum atomic E-state index is 0.0756. The Balaban J connectivity index is 1.77. The van der Waals surface area contributed by atoms with Crippen molar-refractivity contribution in [1.82, 2.24) is 14.8 Å². The van der Waals surface area contributed by atoms with Crippen LogP contribution in [0.2, 0.25) is 0 Å². The van der Waals surface area contributed by atoms with Gasteiger partial charge in [0.25, 0.3) is 5.91 Å². The number of fused-ring (bicyclic) bond motifs is 1. The summed E-state index contributed by atoms with van der Waals surface area (Å²) in [7, 11) is 0. The number of hydrogen-bond acceptors (Lipinski definition) is 5. The van der Waals surface area contributed by atoms with Crippen molar-refractivity contribution in [2.24, 2.45) is 5.84 Å². The Morgan fingerprint density at radius 3 is 3.10 bits per heavy atom. The molecular weight excluding hydrogens is 266 g/mol. The summed E-state index contributed by atoms with van der Waals surface area (Å²) in [5.41, 5.74) is 3.14. The van der Waals surface area contributed by atoms with Crippen molar-refractivity contribution in [2.75, 3.05) is 25.1 Å². The lowest BCUT2D eigenvalue weighted by atomic mass is 9.96. The summed E-state index contributed by atoms with van der Waals surface area (Å²) in [5, 5.41) is 0. The van der Waals surface area contributed by atoms with E-state index in [1.54, 1.807) is 18.3 Å². The molecule has 1 aromatic heterocycles. The average Bonchev–Trinajstić information content (AvgIpc) is 2.53. The molecule has 6 nitrogen and oxygen atoms in total. The van der Waals surface area contributed by atoms with E-state index in [0.29, 0.717) is 17.4 Å². The van der Waals surface area contributed by atoms with Gasteiger partial charge < -0.3 is 10.3 Å². The second kappa shape index (κ2) is 5.99. The standard InChI is InChI=1S/C15H23N5O/c1-11-9-19-7-3-2-4-13(19)10-20(11)15(21)12-5-6-17-14(8-12)18-16/h5-6,8,11,13H,2-4,7,9-10,16H2,1H3,(H,17,18). The Labute approximate surface area is 125 Å². The lowest BCUT2D eigenvalue weighted by Gasteiger charge is -2.47. The van der Waals surface area contributed by atoms with E-state index in [4.69, 9.17) is 5.84 Å². The predicted octanol–water partition coefficient (Wildman–Crippen LogP) is 1.07. The second-order valence-corrected chi connectivity index (χ2v) is 6.03. The summed E-state index contributed by atoms with van der Waals surface area (Å²) in [5.74, 6) is 5.96. The van der Waals surface area contributed by atoms with E-state index in [1.165, 1.54) is 25.8 Å². The molecule has 2 fully saturated rings. The number of hydrazine groups is 1. The lowest BCUT2D eigenvalue weighted by Crippen LogP contribution is -2.60. The Morgan fingerprint density at radius 2 is 2.29 bits per heavy atom. The fourth-order valence-corrected chi connectivity index (χ4v) is 3.44. The summed E-state index contributed by atoms with van der Waals surface area (Å²) in [6, 6.07) is 4.23. The number of nitrogens with one attached hydrogen (secondary N) is 1. The number of hydrogen-bond donors (Lipinski definition) is 2. The minimum Gasteiger partial charge on any atom is -0.333 e. The van der Waals surface area contributed by atoms with Crippen LogP contribution in [0.25, 0.3) is 0 Å². The van der Waals surface area contributed by atoms with Gasteiger partial charge in [-0.1, -0.05) is 6.42 Å². The zero-order valence-electron chi connectivity index (χ0n) is 12.5. The molecule has 6 heteroatoms. The first-order valence-electron chi connectivity index (χ1n) is 7.66. The maximum absolute atomic E-state index is 12.8. The molecule has 3 heterocycles. The van der Waals surface area contributed by atoms with Crippen LogP contribution >= 0.6 is 0 Å². The van der Waals surface area contributed by atoms with Crippen LogP contribution < -0.4 is 11.3 Å². The highest BCUT2D eigenvalue weighted by Gasteiger charge is 2.35. The molecule has 2 unspecified atom stereocenters.